The predicted molar refractivity (Wildman–Crippen MR) is 104 cm³/mol. The van der Waals surface area contributed by atoms with Gasteiger partial charge in [-0.2, -0.15) is 4.31 Å². The minimum Gasteiger partial charge on any atom is -0.459 e. The van der Waals surface area contributed by atoms with E-state index in [-0.39, 0.29) is 10.7 Å². The van der Waals surface area contributed by atoms with Gasteiger partial charge in [-0.05, 0) is 44.2 Å². The fourth-order valence-electron chi connectivity index (χ4n) is 2.70. The summed E-state index contributed by atoms with van der Waals surface area (Å²) in [4.78, 5) is 11.8. The van der Waals surface area contributed by atoms with Crippen LogP contribution in [0.5, 0.6) is 0 Å². The molecule has 0 fully saturated rings. The quantitative estimate of drug-likeness (QED) is 0.540. The van der Waals surface area contributed by atoms with E-state index in [9.17, 15) is 13.2 Å². The highest BCUT2D eigenvalue weighted by atomic mass is 79.9. The number of para-hydroxylation sites is 1. The van der Waals surface area contributed by atoms with Crippen molar-refractivity contribution in [3.8, 4) is 0 Å². The number of carbonyl (C=O) groups is 1. The van der Waals surface area contributed by atoms with E-state index in [1.165, 1.54) is 30.4 Å². The summed E-state index contributed by atoms with van der Waals surface area (Å²) in [5.74, 6) is 0.350. The van der Waals surface area contributed by atoms with Crippen molar-refractivity contribution in [1.82, 2.24) is 4.31 Å². The molecular formula is C19H18BrNO4S. The molecule has 26 heavy (non-hydrogen) atoms. The summed E-state index contributed by atoms with van der Waals surface area (Å²) < 4.78 is 33.6. The lowest BCUT2D eigenvalue weighted by Gasteiger charge is -2.23. The molecule has 0 aliphatic heterocycles. The largest absolute Gasteiger partial charge is 0.459 e. The number of nitrogens with zero attached hydrogens (tertiary/aromatic N) is 1. The van der Waals surface area contributed by atoms with Crippen molar-refractivity contribution in [2.24, 2.45) is 0 Å². The van der Waals surface area contributed by atoms with Gasteiger partial charge in [0.1, 0.15) is 11.3 Å². The number of hydrogen-bond acceptors (Lipinski definition) is 4. The third-order valence-electron chi connectivity index (χ3n) is 4.40. The van der Waals surface area contributed by atoms with Crippen LogP contribution >= 0.6 is 15.9 Å². The maximum absolute atomic E-state index is 13.0. The Morgan fingerprint density at radius 3 is 2.50 bits per heavy atom. The van der Waals surface area contributed by atoms with Gasteiger partial charge >= 0.3 is 0 Å². The van der Waals surface area contributed by atoms with Crippen LogP contribution in [-0.2, 0) is 10.0 Å². The molecule has 0 aliphatic rings. The van der Waals surface area contributed by atoms with Crippen LogP contribution in [0.2, 0.25) is 0 Å². The average molecular weight is 436 g/mol. The fraction of sp³-hybridized carbons (Fsp3) is 0.211. The van der Waals surface area contributed by atoms with Crippen molar-refractivity contribution in [1.29, 1.82) is 0 Å². The number of sulfonamides is 1. The Morgan fingerprint density at radius 1 is 1.15 bits per heavy atom. The number of ketones is 1. The Labute approximate surface area is 160 Å². The van der Waals surface area contributed by atoms with Crippen molar-refractivity contribution in [3.63, 3.8) is 0 Å². The lowest BCUT2D eigenvalue weighted by atomic mass is 10.1. The second-order valence-electron chi connectivity index (χ2n) is 6.08. The molecule has 2 aromatic carbocycles. The monoisotopic (exact) mass is 435 g/mol. The number of furan rings is 1. The number of hydrogen-bond donors (Lipinski definition) is 0. The average Bonchev–Trinajstić information content (AvgIpc) is 3.04. The molecule has 0 spiro atoms. The third kappa shape index (κ3) is 3.34. The van der Waals surface area contributed by atoms with Gasteiger partial charge in [0.15, 0.2) is 5.78 Å². The number of fused-ring (bicyclic) bond motifs is 1. The van der Waals surface area contributed by atoms with Gasteiger partial charge in [0, 0.05) is 22.5 Å². The first-order valence-corrected chi connectivity index (χ1v) is 10.2. The van der Waals surface area contributed by atoms with Crippen molar-refractivity contribution < 1.29 is 17.6 Å². The molecule has 5 nitrogen and oxygen atoms in total. The molecule has 0 saturated heterocycles. The highest BCUT2D eigenvalue weighted by molar-refractivity contribution is 9.10. The number of benzene rings is 2. The Kier molecular flexibility index (Phi) is 5.05. The molecule has 3 aromatic rings. The standard InChI is InChI=1S/C19H18BrNO4S/c1-12(19-10-14-6-4-5-7-18(14)25-19)21(3)26(23,24)15-8-9-17(20)16(11-15)13(2)22/h4-12H,1-3H3. The van der Waals surface area contributed by atoms with E-state index < -0.39 is 16.1 Å². The zero-order valence-corrected chi connectivity index (χ0v) is 17.0. The van der Waals surface area contributed by atoms with Crippen LogP contribution in [0.3, 0.4) is 0 Å². The number of carbonyl (C=O) groups excluding carboxylic acids is 1. The van der Waals surface area contributed by atoms with Gasteiger partial charge < -0.3 is 4.42 Å². The topological polar surface area (TPSA) is 67.6 Å². The second kappa shape index (κ2) is 6.98. The first kappa shape index (κ1) is 18.8. The zero-order chi connectivity index (χ0) is 19.1. The minimum absolute atomic E-state index is 0.0661. The SMILES string of the molecule is CC(=O)c1cc(S(=O)(=O)N(C)C(C)c2cc3ccccc3o2)ccc1Br. The Morgan fingerprint density at radius 2 is 1.85 bits per heavy atom. The van der Waals surface area contributed by atoms with Crippen LogP contribution in [0.4, 0.5) is 0 Å². The van der Waals surface area contributed by atoms with Crippen LogP contribution in [0.1, 0.15) is 36.0 Å². The summed E-state index contributed by atoms with van der Waals surface area (Å²) in [6.07, 6.45) is 0. The highest BCUT2D eigenvalue weighted by Crippen LogP contribution is 2.31. The molecule has 1 atom stereocenters. The predicted octanol–water partition coefficient (Wildman–Crippen LogP) is 4.78. The lowest BCUT2D eigenvalue weighted by molar-refractivity contribution is 0.101. The van der Waals surface area contributed by atoms with Crippen molar-refractivity contribution in [3.05, 3.63) is 64.3 Å². The number of halogens is 1. The zero-order valence-electron chi connectivity index (χ0n) is 14.6. The third-order valence-corrected chi connectivity index (χ3v) is 7.01. The van der Waals surface area contributed by atoms with Crippen molar-refractivity contribution in [2.45, 2.75) is 24.8 Å². The Hall–Kier alpha value is -1.96. The molecule has 3 rings (SSSR count). The Bertz CT molecular complexity index is 1050. The van der Waals surface area contributed by atoms with Gasteiger partial charge in [-0.1, -0.05) is 34.1 Å². The molecule has 1 heterocycles. The summed E-state index contributed by atoms with van der Waals surface area (Å²) in [6.45, 7) is 3.16. The van der Waals surface area contributed by atoms with Gasteiger partial charge in [0.25, 0.3) is 0 Å². The first-order valence-electron chi connectivity index (χ1n) is 7.99. The van der Waals surface area contributed by atoms with Gasteiger partial charge in [-0.25, -0.2) is 8.42 Å². The van der Waals surface area contributed by atoms with Crippen LogP contribution in [0, 0.1) is 0 Å². The van der Waals surface area contributed by atoms with Crippen molar-refractivity contribution >= 4 is 42.7 Å². The molecule has 136 valence electrons. The molecule has 7 heteroatoms. The lowest BCUT2D eigenvalue weighted by Crippen LogP contribution is -2.29. The highest BCUT2D eigenvalue weighted by Gasteiger charge is 2.29. The van der Waals surface area contributed by atoms with E-state index in [1.807, 2.05) is 30.3 Å². The summed E-state index contributed by atoms with van der Waals surface area (Å²) in [5.41, 5.74) is 1.04. The van der Waals surface area contributed by atoms with Crippen LogP contribution in [-0.4, -0.2) is 25.6 Å². The summed E-state index contributed by atoms with van der Waals surface area (Å²) in [5, 5.41) is 0.919. The summed E-state index contributed by atoms with van der Waals surface area (Å²) >= 11 is 3.28. The van der Waals surface area contributed by atoms with Crippen LogP contribution < -0.4 is 0 Å². The molecule has 0 saturated carbocycles. The normalized spacial score (nSPS) is 13.3. The minimum atomic E-state index is -3.80. The summed E-state index contributed by atoms with van der Waals surface area (Å²) in [7, 11) is -2.29. The van der Waals surface area contributed by atoms with Crippen LogP contribution in [0.15, 0.2) is 62.3 Å². The summed E-state index contributed by atoms with van der Waals surface area (Å²) in [6, 6.07) is 13.3. The van der Waals surface area contributed by atoms with E-state index in [1.54, 1.807) is 13.0 Å². The molecule has 0 radical (unpaired) electrons. The van der Waals surface area contributed by atoms with E-state index in [0.717, 1.165) is 5.39 Å². The number of Topliss-reactive ketones (excluding diaryl/α,β-unsaturated/α-hetero) is 1. The molecule has 0 bridgehead atoms. The van der Waals surface area contributed by atoms with E-state index in [2.05, 4.69) is 15.9 Å². The van der Waals surface area contributed by atoms with Crippen molar-refractivity contribution in [2.75, 3.05) is 7.05 Å². The smallest absolute Gasteiger partial charge is 0.243 e. The molecule has 0 N–H and O–H groups in total. The van der Waals surface area contributed by atoms with Gasteiger partial charge in [-0.3, -0.25) is 4.79 Å². The maximum atomic E-state index is 13.0. The van der Waals surface area contributed by atoms with Gasteiger partial charge in [0.2, 0.25) is 10.0 Å². The van der Waals surface area contributed by atoms with E-state index in [0.29, 0.717) is 21.4 Å². The molecule has 0 aliphatic carbocycles. The molecule has 1 aromatic heterocycles. The van der Waals surface area contributed by atoms with Crippen LogP contribution in [0.25, 0.3) is 11.0 Å². The molecule has 0 amide bonds. The second-order valence-corrected chi connectivity index (χ2v) is 8.93. The van der Waals surface area contributed by atoms with Gasteiger partial charge in [0.05, 0.1) is 10.9 Å². The maximum Gasteiger partial charge on any atom is 0.243 e. The molecule has 1 unspecified atom stereocenters. The Balaban J connectivity index is 1.98. The fourth-order valence-corrected chi connectivity index (χ4v) is 4.58. The number of rotatable bonds is 5. The van der Waals surface area contributed by atoms with Gasteiger partial charge in [-0.15, -0.1) is 0 Å². The van der Waals surface area contributed by atoms with E-state index >= 15 is 0 Å². The van der Waals surface area contributed by atoms with E-state index in [4.69, 9.17) is 4.42 Å². The molecular weight excluding hydrogens is 418 g/mol. The first-order chi connectivity index (χ1) is 12.2.